The van der Waals surface area contributed by atoms with Crippen molar-refractivity contribution >= 4 is 0 Å². The second-order valence-electron chi connectivity index (χ2n) is 4.82. The van der Waals surface area contributed by atoms with Gasteiger partial charge in [-0.15, -0.1) is 0 Å². The molecule has 16 heavy (non-hydrogen) atoms. The van der Waals surface area contributed by atoms with E-state index in [9.17, 15) is 5.11 Å². The van der Waals surface area contributed by atoms with Crippen molar-refractivity contribution in [3.05, 3.63) is 18.0 Å². The highest BCUT2D eigenvalue weighted by molar-refractivity contribution is 4.99. The highest BCUT2D eigenvalue weighted by Crippen LogP contribution is 2.23. The number of rotatable bonds is 3. The number of aliphatic hydroxyl groups is 1. The molecule has 0 bridgehead atoms. The lowest BCUT2D eigenvalue weighted by Crippen LogP contribution is -2.42. The SMILES string of the molecule is CN(Cc1ccn(C)n1)C1CCCCC1O. The van der Waals surface area contributed by atoms with Crippen LogP contribution in [0.25, 0.3) is 0 Å². The zero-order chi connectivity index (χ0) is 11.5. The van der Waals surface area contributed by atoms with Gasteiger partial charge in [0.15, 0.2) is 0 Å². The van der Waals surface area contributed by atoms with Crippen molar-refractivity contribution in [2.24, 2.45) is 7.05 Å². The Bertz CT molecular complexity index is 337. The van der Waals surface area contributed by atoms with Gasteiger partial charge in [-0.1, -0.05) is 12.8 Å². The molecule has 0 aliphatic heterocycles. The number of aryl methyl sites for hydroxylation is 1. The molecule has 0 amide bonds. The average Bonchev–Trinajstić information content (AvgIpc) is 2.64. The number of likely N-dealkylation sites (N-methyl/N-ethyl adjacent to an activating group) is 1. The predicted octanol–water partition coefficient (Wildman–Crippen LogP) is 1.16. The average molecular weight is 223 g/mol. The summed E-state index contributed by atoms with van der Waals surface area (Å²) in [6.07, 6.45) is 6.23. The Morgan fingerprint density at radius 3 is 2.88 bits per heavy atom. The van der Waals surface area contributed by atoms with Crippen LogP contribution in [0.3, 0.4) is 0 Å². The summed E-state index contributed by atoms with van der Waals surface area (Å²) >= 11 is 0. The van der Waals surface area contributed by atoms with E-state index in [4.69, 9.17) is 0 Å². The second kappa shape index (κ2) is 4.97. The standard InChI is InChI=1S/C12H21N3O/c1-14(9-10-7-8-15(2)13-10)11-5-3-4-6-12(11)16/h7-8,11-12,16H,3-6,9H2,1-2H3. The lowest BCUT2D eigenvalue weighted by molar-refractivity contribution is 0.0283. The van der Waals surface area contributed by atoms with Crippen LogP contribution in [-0.2, 0) is 13.6 Å². The summed E-state index contributed by atoms with van der Waals surface area (Å²) in [6.45, 7) is 0.822. The number of aliphatic hydroxyl groups excluding tert-OH is 1. The Hall–Kier alpha value is -0.870. The summed E-state index contributed by atoms with van der Waals surface area (Å²) < 4.78 is 1.82. The lowest BCUT2D eigenvalue weighted by Gasteiger charge is -2.34. The van der Waals surface area contributed by atoms with Gasteiger partial charge >= 0.3 is 0 Å². The third-order valence-electron chi connectivity index (χ3n) is 3.44. The molecule has 0 radical (unpaired) electrons. The molecule has 0 saturated heterocycles. The maximum Gasteiger partial charge on any atom is 0.0764 e. The van der Waals surface area contributed by atoms with Gasteiger partial charge in [-0.25, -0.2) is 0 Å². The number of hydrogen-bond donors (Lipinski definition) is 1. The molecule has 90 valence electrons. The van der Waals surface area contributed by atoms with E-state index in [0.29, 0.717) is 6.04 Å². The van der Waals surface area contributed by atoms with E-state index >= 15 is 0 Å². The fourth-order valence-electron chi connectivity index (χ4n) is 2.53. The third-order valence-corrected chi connectivity index (χ3v) is 3.44. The maximum absolute atomic E-state index is 9.96. The number of hydrogen-bond acceptors (Lipinski definition) is 3. The molecular formula is C12H21N3O. The van der Waals surface area contributed by atoms with Crippen LogP contribution in [0.5, 0.6) is 0 Å². The van der Waals surface area contributed by atoms with Gasteiger partial charge in [0.2, 0.25) is 0 Å². The first-order valence-electron chi connectivity index (χ1n) is 6.03. The van der Waals surface area contributed by atoms with Gasteiger partial charge < -0.3 is 5.11 Å². The molecule has 0 aromatic carbocycles. The molecule has 4 nitrogen and oxygen atoms in total. The minimum absolute atomic E-state index is 0.164. The third kappa shape index (κ3) is 2.62. The van der Waals surface area contributed by atoms with E-state index in [1.807, 2.05) is 24.0 Å². The number of nitrogens with zero attached hydrogens (tertiary/aromatic N) is 3. The van der Waals surface area contributed by atoms with Crippen molar-refractivity contribution in [2.45, 2.75) is 44.4 Å². The summed E-state index contributed by atoms with van der Waals surface area (Å²) in [6, 6.07) is 2.34. The van der Waals surface area contributed by atoms with E-state index in [0.717, 1.165) is 31.5 Å². The summed E-state index contributed by atoms with van der Waals surface area (Å²) in [4.78, 5) is 2.23. The van der Waals surface area contributed by atoms with Crippen molar-refractivity contribution in [3.63, 3.8) is 0 Å². The fraction of sp³-hybridized carbons (Fsp3) is 0.750. The molecule has 1 saturated carbocycles. The van der Waals surface area contributed by atoms with Crippen molar-refractivity contribution in [1.29, 1.82) is 0 Å². The lowest BCUT2D eigenvalue weighted by atomic mass is 9.91. The molecule has 1 heterocycles. The highest BCUT2D eigenvalue weighted by Gasteiger charge is 2.26. The first kappa shape index (κ1) is 11.6. The zero-order valence-electron chi connectivity index (χ0n) is 10.1. The largest absolute Gasteiger partial charge is 0.391 e. The van der Waals surface area contributed by atoms with Gasteiger partial charge in [-0.3, -0.25) is 9.58 Å². The van der Waals surface area contributed by atoms with Gasteiger partial charge in [0, 0.05) is 25.8 Å². The van der Waals surface area contributed by atoms with Crippen LogP contribution >= 0.6 is 0 Å². The molecule has 1 N–H and O–H groups in total. The molecule has 2 unspecified atom stereocenters. The van der Waals surface area contributed by atoms with Gasteiger partial charge in [0.25, 0.3) is 0 Å². The second-order valence-corrected chi connectivity index (χ2v) is 4.82. The van der Waals surface area contributed by atoms with E-state index in [-0.39, 0.29) is 6.10 Å². The highest BCUT2D eigenvalue weighted by atomic mass is 16.3. The molecule has 1 aliphatic carbocycles. The Balaban J connectivity index is 1.93. The molecule has 1 aromatic heterocycles. The van der Waals surface area contributed by atoms with Crippen LogP contribution in [0.15, 0.2) is 12.3 Å². The van der Waals surface area contributed by atoms with Crippen LogP contribution in [-0.4, -0.2) is 39.0 Å². The minimum Gasteiger partial charge on any atom is -0.391 e. The zero-order valence-corrected chi connectivity index (χ0v) is 10.1. The molecular weight excluding hydrogens is 202 g/mol. The molecule has 4 heteroatoms. The summed E-state index contributed by atoms with van der Waals surface area (Å²) in [5.41, 5.74) is 1.07. The molecule has 1 aliphatic rings. The first-order valence-corrected chi connectivity index (χ1v) is 6.03. The summed E-state index contributed by atoms with van der Waals surface area (Å²) in [5, 5.41) is 14.3. The van der Waals surface area contributed by atoms with E-state index in [1.165, 1.54) is 6.42 Å². The Morgan fingerprint density at radius 1 is 1.50 bits per heavy atom. The molecule has 2 rings (SSSR count). The normalized spacial score (nSPS) is 26.2. The number of aromatic nitrogens is 2. The van der Waals surface area contributed by atoms with E-state index in [1.54, 1.807) is 0 Å². The Kier molecular flexibility index (Phi) is 3.61. The Morgan fingerprint density at radius 2 is 2.25 bits per heavy atom. The predicted molar refractivity (Wildman–Crippen MR) is 62.9 cm³/mol. The van der Waals surface area contributed by atoms with Crippen molar-refractivity contribution in [3.8, 4) is 0 Å². The van der Waals surface area contributed by atoms with E-state index in [2.05, 4.69) is 17.0 Å². The smallest absolute Gasteiger partial charge is 0.0764 e. The molecule has 1 fully saturated rings. The molecule has 1 aromatic rings. The van der Waals surface area contributed by atoms with Crippen molar-refractivity contribution in [2.75, 3.05) is 7.05 Å². The van der Waals surface area contributed by atoms with Crippen LogP contribution < -0.4 is 0 Å². The van der Waals surface area contributed by atoms with Gasteiger partial charge in [0.05, 0.1) is 11.8 Å². The molecule has 0 spiro atoms. The Labute approximate surface area is 96.9 Å². The van der Waals surface area contributed by atoms with Crippen molar-refractivity contribution < 1.29 is 5.11 Å². The summed E-state index contributed by atoms with van der Waals surface area (Å²) in [7, 11) is 4.01. The minimum atomic E-state index is -0.164. The van der Waals surface area contributed by atoms with Gasteiger partial charge in [0.1, 0.15) is 0 Å². The van der Waals surface area contributed by atoms with Gasteiger partial charge in [-0.2, -0.15) is 5.10 Å². The van der Waals surface area contributed by atoms with Crippen LogP contribution in [0.2, 0.25) is 0 Å². The topological polar surface area (TPSA) is 41.3 Å². The monoisotopic (exact) mass is 223 g/mol. The fourth-order valence-corrected chi connectivity index (χ4v) is 2.53. The summed E-state index contributed by atoms with van der Waals surface area (Å²) in [5.74, 6) is 0. The first-order chi connectivity index (χ1) is 7.66. The maximum atomic E-state index is 9.96. The van der Waals surface area contributed by atoms with Gasteiger partial charge in [-0.05, 0) is 26.0 Å². The molecule has 2 atom stereocenters. The van der Waals surface area contributed by atoms with Crippen LogP contribution in [0.1, 0.15) is 31.4 Å². The van der Waals surface area contributed by atoms with Crippen molar-refractivity contribution in [1.82, 2.24) is 14.7 Å². The van der Waals surface area contributed by atoms with Crippen LogP contribution in [0, 0.1) is 0 Å². The quantitative estimate of drug-likeness (QED) is 0.836. The van der Waals surface area contributed by atoms with E-state index < -0.39 is 0 Å². The van der Waals surface area contributed by atoms with Crippen LogP contribution in [0.4, 0.5) is 0 Å².